The van der Waals surface area contributed by atoms with Gasteiger partial charge >= 0.3 is 5.97 Å². The van der Waals surface area contributed by atoms with Crippen molar-refractivity contribution in [1.82, 2.24) is 0 Å². The molecule has 2 aromatic rings. The van der Waals surface area contributed by atoms with Gasteiger partial charge in [-0.25, -0.2) is 13.6 Å². The molecule has 0 aliphatic heterocycles. The zero-order valence-electron chi connectivity index (χ0n) is 11.7. The molecule has 0 spiro atoms. The van der Waals surface area contributed by atoms with Gasteiger partial charge in [-0.2, -0.15) is 0 Å². The quantitative estimate of drug-likeness (QED) is 0.890. The van der Waals surface area contributed by atoms with E-state index in [-0.39, 0.29) is 5.56 Å². The molecule has 110 valence electrons. The molecular formula is C16H15F2NO2. The number of halogens is 2. The van der Waals surface area contributed by atoms with Crippen LogP contribution in [-0.4, -0.2) is 11.1 Å². The molecule has 0 aliphatic carbocycles. The lowest BCUT2D eigenvalue weighted by molar-refractivity contribution is 0.0697. The summed E-state index contributed by atoms with van der Waals surface area (Å²) >= 11 is 0. The monoisotopic (exact) mass is 291 g/mol. The van der Waals surface area contributed by atoms with Crippen molar-refractivity contribution in [2.24, 2.45) is 0 Å². The molecule has 5 heteroatoms. The lowest BCUT2D eigenvalue weighted by atomic mass is 10.1. The van der Waals surface area contributed by atoms with Gasteiger partial charge in [-0.05, 0) is 37.6 Å². The maximum Gasteiger partial charge on any atom is 0.335 e. The van der Waals surface area contributed by atoms with Gasteiger partial charge in [-0.3, -0.25) is 0 Å². The van der Waals surface area contributed by atoms with Crippen LogP contribution in [0.3, 0.4) is 0 Å². The van der Waals surface area contributed by atoms with Gasteiger partial charge in [0.05, 0.1) is 11.6 Å². The normalized spacial score (nSPS) is 12.0. The minimum Gasteiger partial charge on any atom is -0.478 e. The molecule has 21 heavy (non-hydrogen) atoms. The predicted octanol–water partition coefficient (Wildman–Crippen LogP) is 4.14. The lowest BCUT2D eigenvalue weighted by Crippen LogP contribution is -2.10. The predicted molar refractivity (Wildman–Crippen MR) is 76.5 cm³/mol. The average Bonchev–Trinajstić information content (AvgIpc) is 2.40. The zero-order chi connectivity index (χ0) is 15.6. The fourth-order valence-corrected chi connectivity index (χ4v) is 2.07. The number of benzene rings is 2. The van der Waals surface area contributed by atoms with Crippen LogP contribution < -0.4 is 5.32 Å². The van der Waals surface area contributed by atoms with Gasteiger partial charge in [-0.1, -0.05) is 12.1 Å². The molecule has 3 nitrogen and oxygen atoms in total. The number of anilines is 1. The minimum atomic E-state index is -1.03. The van der Waals surface area contributed by atoms with Crippen molar-refractivity contribution < 1.29 is 18.7 Å². The van der Waals surface area contributed by atoms with Crippen molar-refractivity contribution >= 4 is 11.7 Å². The number of rotatable bonds is 4. The summed E-state index contributed by atoms with van der Waals surface area (Å²) in [6.07, 6.45) is 0. The first-order valence-corrected chi connectivity index (χ1v) is 6.44. The van der Waals surface area contributed by atoms with Gasteiger partial charge in [0.15, 0.2) is 0 Å². The number of aryl methyl sites for hydroxylation is 1. The highest BCUT2D eigenvalue weighted by Crippen LogP contribution is 2.25. The number of hydrogen-bond acceptors (Lipinski definition) is 2. The Labute approximate surface area is 121 Å². The molecule has 2 aromatic carbocycles. The van der Waals surface area contributed by atoms with E-state index >= 15 is 0 Å². The Hall–Kier alpha value is -2.43. The molecular weight excluding hydrogens is 276 g/mol. The molecule has 0 fully saturated rings. The van der Waals surface area contributed by atoms with Crippen molar-refractivity contribution in [3.63, 3.8) is 0 Å². The topological polar surface area (TPSA) is 49.3 Å². The molecule has 0 heterocycles. The van der Waals surface area contributed by atoms with Crippen molar-refractivity contribution in [1.29, 1.82) is 0 Å². The van der Waals surface area contributed by atoms with E-state index < -0.39 is 23.6 Å². The first-order chi connectivity index (χ1) is 9.88. The molecule has 0 aliphatic rings. The molecule has 2 rings (SSSR count). The number of carbonyl (C=O) groups is 1. The van der Waals surface area contributed by atoms with Crippen molar-refractivity contribution in [2.75, 3.05) is 5.32 Å². The molecule has 1 unspecified atom stereocenters. The molecule has 0 amide bonds. The maximum atomic E-state index is 13.7. The van der Waals surface area contributed by atoms with Crippen LogP contribution in [0.2, 0.25) is 0 Å². The Kier molecular flexibility index (Phi) is 4.21. The van der Waals surface area contributed by atoms with Gasteiger partial charge in [-0.15, -0.1) is 0 Å². The molecule has 1 atom stereocenters. The first kappa shape index (κ1) is 15.0. The minimum absolute atomic E-state index is 0.148. The highest BCUT2D eigenvalue weighted by molar-refractivity contribution is 5.89. The van der Waals surface area contributed by atoms with Crippen LogP contribution >= 0.6 is 0 Å². The van der Waals surface area contributed by atoms with E-state index in [4.69, 9.17) is 5.11 Å². The number of carboxylic acids is 1. The Morgan fingerprint density at radius 3 is 2.52 bits per heavy atom. The smallest absolute Gasteiger partial charge is 0.335 e. The molecule has 0 aromatic heterocycles. The summed E-state index contributed by atoms with van der Waals surface area (Å²) in [5.41, 5.74) is 1.91. The van der Waals surface area contributed by atoms with E-state index in [2.05, 4.69) is 5.32 Å². The fourth-order valence-electron chi connectivity index (χ4n) is 2.07. The van der Waals surface area contributed by atoms with Crippen LogP contribution in [-0.2, 0) is 0 Å². The second-order valence-corrected chi connectivity index (χ2v) is 4.87. The summed E-state index contributed by atoms with van der Waals surface area (Å²) in [4.78, 5) is 11.0. The molecule has 2 N–H and O–H groups in total. The van der Waals surface area contributed by atoms with E-state index in [9.17, 15) is 13.6 Å². The molecule has 0 saturated heterocycles. The summed E-state index contributed by atoms with van der Waals surface area (Å²) in [7, 11) is 0. The van der Waals surface area contributed by atoms with Crippen LogP contribution in [0.25, 0.3) is 0 Å². The SMILES string of the molecule is Cc1ccc(C(=O)O)cc1NC(C)c1ccc(F)cc1F. The summed E-state index contributed by atoms with van der Waals surface area (Å²) in [5, 5.41) is 12.1. The van der Waals surface area contributed by atoms with Crippen molar-refractivity contribution in [3.8, 4) is 0 Å². The van der Waals surface area contributed by atoms with E-state index in [1.54, 1.807) is 13.0 Å². The Morgan fingerprint density at radius 2 is 1.90 bits per heavy atom. The van der Waals surface area contributed by atoms with Crippen molar-refractivity contribution in [3.05, 3.63) is 64.7 Å². The largest absolute Gasteiger partial charge is 0.478 e. The third-order valence-corrected chi connectivity index (χ3v) is 3.29. The molecule has 0 saturated carbocycles. The summed E-state index contributed by atoms with van der Waals surface area (Å²) in [5.74, 6) is -2.30. The summed E-state index contributed by atoms with van der Waals surface area (Å²) < 4.78 is 26.7. The highest BCUT2D eigenvalue weighted by Gasteiger charge is 2.13. The third-order valence-electron chi connectivity index (χ3n) is 3.29. The standard InChI is InChI=1S/C16H15F2NO2/c1-9-3-4-11(16(20)21)7-15(9)19-10(2)13-6-5-12(17)8-14(13)18/h3-8,10,19H,1-2H3,(H,20,21). The number of nitrogens with one attached hydrogen (secondary N) is 1. The summed E-state index contributed by atoms with van der Waals surface area (Å²) in [6.45, 7) is 3.55. The average molecular weight is 291 g/mol. The van der Waals surface area contributed by atoms with E-state index in [1.165, 1.54) is 24.3 Å². The van der Waals surface area contributed by atoms with Crippen molar-refractivity contribution in [2.45, 2.75) is 19.9 Å². The fraction of sp³-hybridized carbons (Fsp3) is 0.188. The summed E-state index contributed by atoms with van der Waals surface area (Å²) in [6, 6.07) is 7.65. The second kappa shape index (κ2) is 5.91. The van der Waals surface area contributed by atoms with Gasteiger partial charge in [0.25, 0.3) is 0 Å². The van der Waals surface area contributed by atoms with E-state index in [0.29, 0.717) is 11.3 Å². The number of hydrogen-bond donors (Lipinski definition) is 2. The molecule has 0 radical (unpaired) electrons. The van der Waals surface area contributed by atoms with Gasteiger partial charge < -0.3 is 10.4 Å². The Bertz CT molecular complexity index is 686. The van der Waals surface area contributed by atoms with Gasteiger partial charge in [0.1, 0.15) is 11.6 Å². The maximum absolute atomic E-state index is 13.7. The third kappa shape index (κ3) is 3.37. The van der Waals surface area contributed by atoms with Crippen LogP contribution in [0.4, 0.5) is 14.5 Å². The van der Waals surface area contributed by atoms with Crippen LogP contribution in [0, 0.1) is 18.6 Å². The van der Waals surface area contributed by atoms with Gasteiger partial charge in [0, 0.05) is 17.3 Å². The van der Waals surface area contributed by atoms with Gasteiger partial charge in [0.2, 0.25) is 0 Å². The highest BCUT2D eigenvalue weighted by atomic mass is 19.1. The lowest BCUT2D eigenvalue weighted by Gasteiger charge is -2.18. The van der Waals surface area contributed by atoms with E-state index in [1.807, 2.05) is 6.92 Å². The zero-order valence-corrected chi connectivity index (χ0v) is 11.7. The second-order valence-electron chi connectivity index (χ2n) is 4.87. The van der Waals surface area contributed by atoms with Crippen LogP contribution in [0.5, 0.6) is 0 Å². The molecule has 0 bridgehead atoms. The van der Waals surface area contributed by atoms with Crippen LogP contribution in [0.15, 0.2) is 36.4 Å². The number of aromatic carboxylic acids is 1. The first-order valence-electron chi connectivity index (χ1n) is 6.44. The van der Waals surface area contributed by atoms with Crippen LogP contribution in [0.1, 0.15) is 34.5 Å². The Balaban J connectivity index is 2.28. The number of carboxylic acid groups (broad SMARTS) is 1. The van der Waals surface area contributed by atoms with E-state index in [0.717, 1.165) is 11.6 Å². The Morgan fingerprint density at radius 1 is 1.19 bits per heavy atom.